The molecule has 0 atom stereocenters. The number of rotatable bonds is 5. The quantitative estimate of drug-likeness (QED) is 0.821. The van der Waals surface area contributed by atoms with Crippen LogP contribution >= 0.6 is 0 Å². The zero-order chi connectivity index (χ0) is 14.6. The lowest BCUT2D eigenvalue weighted by Crippen LogP contribution is -2.42. The maximum atomic E-state index is 12.3. The Bertz CT molecular complexity index is 586. The molecule has 2 rings (SSSR count). The summed E-state index contributed by atoms with van der Waals surface area (Å²) in [5, 5.41) is 0. The number of Topliss-reactive ketones (excluding diaryl/α,β-unsaturated/α-hetero) is 1. The zero-order valence-electron chi connectivity index (χ0n) is 11.3. The van der Waals surface area contributed by atoms with Crippen LogP contribution in [0.15, 0.2) is 24.3 Å². The molecule has 7 heteroatoms. The molecule has 0 aromatic heterocycles. The molecule has 1 aliphatic heterocycles. The number of carbonyl (C=O) groups excluding carboxylic acids is 1. The van der Waals surface area contributed by atoms with Gasteiger partial charge in [0.15, 0.2) is 5.78 Å². The molecule has 0 fully saturated rings. The van der Waals surface area contributed by atoms with Crippen molar-refractivity contribution in [3.8, 4) is 0 Å². The summed E-state index contributed by atoms with van der Waals surface area (Å²) in [4.78, 5) is 12.0. The van der Waals surface area contributed by atoms with Gasteiger partial charge in [0.25, 0.3) is 0 Å². The predicted octanol–water partition coefficient (Wildman–Crippen LogP) is 0.950. The molecule has 1 N–H and O–H groups in total. The number of ketones is 1. The highest BCUT2D eigenvalue weighted by Gasteiger charge is 2.28. The number of carbonyl (C=O) groups is 1. The SMILES string of the molecule is COCCNS(=O)(=O)N1CCCC(=O)c2ccccc21. The van der Waals surface area contributed by atoms with Crippen LogP contribution in [0.5, 0.6) is 0 Å². The average Bonchev–Trinajstić information content (AvgIpc) is 2.59. The fourth-order valence-electron chi connectivity index (χ4n) is 2.17. The largest absolute Gasteiger partial charge is 0.383 e. The predicted molar refractivity (Wildman–Crippen MR) is 76.2 cm³/mol. The molecule has 0 spiro atoms. The monoisotopic (exact) mass is 298 g/mol. The van der Waals surface area contributed by atoms with Crippen molar-refractivity contribution >= 4 is 21.7 Å². The van der Waals surface area contributed by atoms with E-state index in [4.69, 9.17) is 4.74 Å². The number of benzene rings is 1. The number of hydrogen-bond acceptors (Lipinski definition) is 4. The number of nitrogens with one attached hydrogen (secondary N) is 1. The molecular weight excluding hydrogens is 280 g/mol. The van der Waals surface area contributed by atoms with E-state index in [2.05, 4.69) is 4.72 Å². The van der Waals surface area contributed by atoms with Crippen molar-refractivity contribution in [2.75, 3.05) is 31.1 Å². The van der Waals surface area contributed by atoms with Crippen molar-refractivity contribution in [3.05, 3.63) is 29.8 Å². The van der Waals surface area contributed by atoms with Gasteiger partial charge in [0, 0.05) is 32.2 Å². The zero-order valence-corrected chi connectivity index (χ0v) is 12.1. The van der Waals surface area contributed by atoms with E-state index in [0.29, 0.717) is 37.2 Å². The molecule has 110 valence electrons. The van der Waals surface area contributed by atoms with Crippen LogP contribution in [0.1, 0.15) is 23.2 Å². The van der Waals surface area contributed by atoms with Crippen LogP contribution < -0.4 is 9.03 Å². The number of fused-ring (bicyclic) bond motifs is 1. The Morgan fingerprint density at radius 3 is 2.85 bits per heavy atom. The van der Waals surface area contributed by atoms with E-state index >= 15 is 0 Å². The van der Waals surface area contributed by atoms with Crippen molar-refractivity contribution in [2.24, 2.45) is 0 Å². The molecule has 1 aromatic rings. The molecule has 1 heterocycles. The van der Waals surface area contributed by atoms with Crippen molar-refractivity contribution < 1.29 is 17.9 Å². The van der Waals surface area contributed by atoms with Gasteiger partial charge in [0.1, 0.15) is 0 Å². The van der Waals surface area contributed by atoms with Crippen LogP contribution in [-0.2, 0) is 14.9 Å². The Balaban J connectivity index is 2.32. The summed E-state index contributed by atoms with van der Waals surface area (Å²) in [7, 11) is -2.16. The second-order valence-corrected chi connectivity index (χ2v) is 6.19. The first-order valence-electron chi connectivity index (χ1n) is 6.45. The van der Waals surface area contributed by atoms with Crippen LogP contribution in [0.2, 0.25) is 0 Å². The summed E-state index contributed by atoms with van der Waals surface area (Å²) in [6.45, 7) is 0.796. The van der Waals surface area contributed by atoms with Gasteiger partial charge in [-0.15, -0.1) is 0 Å². The van der Waals surface area contributed by atoms with Crippen LogP contribution in [0.3, 0.4) is 0 Å². The number of hydrogen-bond donors (Lipinski definition) is 1. The molecule has 20 heavy (non-hydrogen) atoms. The van der Waals surface area contributed by atoms with Gasteiger partial charge in [-0.1, -0.05) is 12.1 Å². The smallest absolute Gasteiger partial charge is 0.301 e. The lowest BCUT2D eigenvalue weighted by molar-refractivity contribution is 0.0984. The fraction of sp³-hybridized carbons (Fsp3) is 0.462. The normalized spacial score (nSPS) is 15.8. The molecule has 0 amide bonds. The van der Waals surface area contributed by atoms with Crippen LogP contribution in [0.4, 0.5) is 5.69 Å². The standard InChI is InChI=1S/C13H18N2O4S/c1-19-10-8-14-20(17,18)15-9-4-7-13(16)11-5-2-3-6-12(11)15/h2-3,5-6,14H,4,7-10H2,1H3. The Kier molecular flexibility index (Phi) is 4.74. The molecule has 0 radical (unpaired) electrons. The summed E-state index contributed by atoms with van der Waals surface area (Å²) in [6.07, 6.45) is 0.875. The summed E-state index contributed by atoms with van der Waals surface area (Å²) in [6, 6.07) is 6.80. The number of para-hydroxylation sites is 1. The van der Waals surface area contributed by atoms with E-state index in [1.165, 1.54) is 11.4 Å². The number of ether oxygens (including phenoxy) is 1. The molecule has 0 saturated heterocycles. The minimum atomic E-state index is -3.66. The van der Waals surface area contributed by atoms with Gasteiger partial charge < -0.3 is 4.74 Å². The third-order valence-corrected chi connectivity index (χ3v) is 4.65. The highest BCUT2D eigenvalue weighted by molar-refractivity contribution is 7.90. The molecule has 1 aromatic carbocycles. The minimum absolute atomic E-state index is 0.0183. The molecule has 0 saturated carbocycles. The van der Waals surface area contributed by atoms with E-state index in [9.17, 15) is 13.2 Å². The maximum Gasteiger partial charge on any atom is 0.301 e. The molecule has 6 nitrogen and oxygen atoms in total. The van der Waals surface area contributed by atoms with Gasteiger partial charge in [-0.05, 0) is 18.6 Å². The number of nitrogens with zero attached hydrogens (tertiary/aromatic N) is 1. The Hall–Kier alpha value is -1.44. The fourth-order valence-corrected chi connectivity index (χ4v) is 3.45. The van der Waals surface area contributed by atoms with Crippen LogP contribution in [0, 0.1) is 0 Å². The second kappa shape index (κ2) is 6.34. The highest BCUT2D eigenvalue weighted by Crippen LogP contribution is 2.27. The molecule has 0 unspecified atom stereocenters. The molecule has 0 aliphatic carbocycles. The van der Waals surface area contributed by atoms with Gasteiger partial charge in [-0.3, -0.25) is 9.10 Å². The van der Waals surface area contributed by atoms with E-state index in [-0.39, 0.29) is 12.3 Å². The lowest BCUT2D eigenvalue weighted by Gasteiger charge is -2.24. The third-order valence-electron chi connectivity index (χ3n) is 3.12. The third kappa shape index (κ3) is 3.17. The molecule has 1 aliphatic rings. The number of anilines is 1. The van der Waals surface area contributed by atoms with E-state index < -0.39 is 10.2 Å². The second-order valence-electron chi connectivity index (χ2n) is 4.51. The van der Waals surface area contributed by atoms with E-state index in [1.807, 2.05) is 0 Å². The lowest BCUT2D eigenvalue weighted by atomic mass is 10.1. The first-order valence-corrected chi connectivity index (χ1v) is 7.89. The summed E-state index contributed by atoms with van der Waals surface area (Å²) in [5.41, 5.74) is 0.905. The average molecular weight is 298 g/mol. The van der Waals surface area contributed by atoms with Crippen molar-refractivity contribution in [2.45, 2.75) is 12.8 Å². The van der Waals surface area contributed by atoms with E-state index in [1.54, 1.807) is 24.3 Å². The maximum absolute atomic E-state index is 12.3. The highest BCUT2D eigenvalue weighted by atomic mass is 32.2. The van der Waals surface area contributed by atoms with Crippen molar-refractivity contribution in [1.82, 2.24) is 4.72 Å². The Morgan fingerprint density at radius 1 is 1.35 bits per heavy atom. The number of methoxy groups -OCH3 is 1. The van der Waals surface area contributed by atoms with Gasteiger partial charge in [0.2, 0.25) is 0 Å². The minimum Gasteiger partial charge on any atom is -0.383 e. The van der Waals surface area contributed by atoms with Gasteiger partial charge >= 0.3 is 10.2 Å². The van der Waals surface area contributed by atoms with Gasteiger partial charge in [0.05, 0.1) is 12.3 Å². The van der Waals surface area contributed by atoms with Gasteiger partial charge in [-0.25, -0.2) is 0 Å². The topological polar surface area (TPSA) is 75.7 Å². The summed E-state index contributed by atoms with van der Waals surface area (Å²) >= 11 is 0. The first-order chi connectivity index (χ1) is 9.56. The summed E-state index contributed by atoms with van der Waals surface area (Å²) in [5.74, 6) is -0.0183. The van der Waals surface area contributed by atoms with Crippen molar-refractivity contribution in [1.29, 1.82) is 0 Å². The van der Waals surface area contributed by atoms with Crippen molar-refractivity contribution in [3.63, 3.8) is 0 Å². The molecule has 0 bridgehead atoms. The first kappa shape index (κ1) is 15.0. The summed E-state index contributed by atoms with van der Waals surface area (Å²) < 4.78 is 33.2. The van der Waals surface area contributed by atoms with E-state index in [0.717, 1.165) is 0 Å². The van der Waals surface area contributed by atoms with Crippen LogP contribution in [0.25, 0.3) is 0 Å². The molecular formula is C13H18N2O4S. The Labute approximate surface area is 118 Å². The van der Waals surface area contributed by atoms with Gasteiger partial charge in [-0.2, -0.15) is 13.1 Å². The van der Waals surface area contributed by atoms with Crippen LogP contribution in [-0.4, -0.2) is 41.0 Å². The Morgan fingerprint density at radius 2 is 2.10 bits per heavy atom.